The van der Waals surface area contributed by atoms with Crippen molar-refractivity contribution in [2.24, 2.45) is 0 Å². The van der Waals surface area contributed by atoms with Gasteiger partial charge in [-0.25, -0.2) is 14.4 Å². The Morgan fingerprint density at radius 2 is 2.00 bits per heavy atom. The number of piperidine rings is 1. The van der Waals surface area contributed by atoms with E-state index in [-0.39, 0.29) is 12.4 Å². The summed E-state index contributed by atoms with van der Waals surface area (Å²) in [6.45, 7) is 2.82. The van der Waals surface area contributed by atoms with Gasteiger partial charge in [0.2, 0.25) is 5.89 Å². The predicted molar refractivity (Wildman–Crippen MR) is 115 cm³/mol. The molecule has 0 unspecified atom stereocenters. The molecule has 0 saturated carbocycles. The number of rotatable bonds is 5. The number of likely N-dealkylation sites (tertiary alicyclic amines) is 1. The highest BCUT2D eigenvalue weighted by atomic mass is 19.1. The molecule has 1 aliphatic heterocycles. The summed E-state index contributed by atoms with van der Waals surface area (Å²) in [6.07, 6.45) is 7.52. The van der Waals surface area contributed by atoms with Crippen molar-refractivity contribution in [1.29, 1.82) is 0 Å². The Morgan fingerprint density at radius 1 is 1.16 bits per heavy atom. The van der Waals surface area contributed by atoms with E-state index in [1.165, 1.54) is 12.1 Å². The molecule has 9 heteroatoms. The average molecular weight is 422 g/mol. The minimum atomic E-state index is -0.385. The number of nitrogens with zero attached hydrogens (tertiary/aromatic N) is 5. The van der Waals surface area contributed by atoms with Crippen molar-refractivity contribution >= 4 is 16.9 Å². The molecule has 3 aromatic heterocycles. The van der Waals surface area contributed by atoms with Gasteiger partial charge < -0.3 is 20.2 Å². The van der Waals surface area contributed by atoms with Gasteiger partial charge in [0, 0.05) is 49.2 Å². The van der Waals surface area contributed by atoms with Crippen molar-refractivity contribution in [2.45, 2.75) is 18.9 Å². The van der Waals surface area contributed by atoms with E-state index in [2.05, 4.69) is 20.0 Å². The fraction of sp³-hybridized carbons (Fsp3) is 0.318. The topological polar surface area (TPSA) is 106 Å². The second-order valence-corrected chi connectivity index (χ2v) is 7.79. The summed E-state index contributed by atoms with van der Waals surface area (Å²) < 4.78 is 21.2. The number of aliphatic hydroxyl groups is 1. The summed E-state index contributed by atoms with van der Waals surface area (Å²) >= 11 is 0. The number of aromatic nitrogens is 4. The molecule has 0 radical (unpaired) electrons. The van der Waals surface area contributed by atoms with Gasteiger partial charge >= 0.3 is 0 Å². The van der Waals surface area contributed by atoms with E-state index < -0.39 is 0 Å². The zero-order valence-corrected chi connectivity index (χ0v) is 16.9. The molecule has 4 aromatic rings. The van der Waals surface area contributed by atoms with Crippen LogP contribution < -0.4 is 5.73 Å². The van der Waals surface area contributed by atoms with Crippen LogP contribution in [0.2, 0.25) is 0 Å². The number of benzene rings is 1. The third kappa shape index (κ3) is 3.89. The smallest absolute Gasteiger partial charge is 0.231 e. The van der Waals surface area contributed by atoms with Crippen molar-refractivity contribution in [3.63, 3.8) is 0 Å². The molecule has 160 valence electrons. The van der Waals surface area contributed by atoms with Crippen LogP contribution in [-0.4, -0.2) is 56.0 Å². The number of fused-ring (bicyclic) bond motifs is 1. The maximum atomic E-state index is 13.5. The standard InChI is InChI=1S/C22H23FN6O2/c23-16-1-2-19-20(10-16)31-22(27-19)18-9-14(11-25-21(18)24)15-12-26-29(13-15)17-3-5-28(6-4-17)7-8-30/h1-2,9-13,17,30H,3-8H2,(H2,24,25). The Kier molecular flexibility index (Phi) is 5.13. The molecule has 0 amide bonds. The largest absolute Gasteiger partial charge is 0.436 e. The summed E-state index contributed by atoms with van der Waals surface area (Å²) in [5.74, 6) is 0.208. The van der Waals surface area contributed by atoms with E-state index >= 15 is 0 Å². The molecular weight excluding hydrogens is 399 g/mol. The summed E-state index contributed by atoms with van der Waals surface area (Å²) in [5.41, 5.74) is 9.33. The van der Waals surface area contributed by atoms with E-state index in [1.807, 2.05) is 23.1 Å². The quantitative estimate of drug-likeness (QED) is 0.509. The monoisotopic (exact) mass is 422 g/mol. The molecule has 0 bridgehead atoms. The van der Waals surface area contributed by atoms with Crippen LogP contribution in [0.3, 0.4) is 0 Å². The van der Waals surface area contributed by atoms with Crippen molar-refractivity contribution < 1.29 is 13.9 Å². The molecular formula is C22H23FN6O2. The molecule has 1 fully saturated rings. The number of oxazole rings is 1. The van der Waals surface area contributed by atoms with E-state index in [0.29, 0.717) is 34.4 Å². The Labute approximate surface area is 178 Å². The molecule has 8 nitrogen and oxygen atoms in total. The van der Waals surface area contributed by atoms with Crippen LogP contribution >= 0.6 is 0 Å². The molecule has 1 aromatic carbocycles. The van der Waals surface area contributed by atoms with Gasteiger partial charge in [-0.05, 0) is 31.0 Å². The molecule has 4 heterocycles. The van der Waals surface area contributed by atoms with Crippen LogP contribution in [-0.2, 0) is 0 Å². The lowest BCUT2D eigenvalue weighted by atomic mass is 10.1. The van der Waals surface area contributed by atoms with Crippen LogP contribution in [0.1, 0.15) is 18.9 Å². The highest BCUT2D eigenvalue weighted by Gasteiger charge is 2.21. The van der Waals surface area contributed by atoms with Gasteiger partial charge in [-0.1, -0.05) is 0 Å². The van der Waals surface area contributed by atoms with Crippen molar-refractivity contribution in [1.82, 2.24) is 24.6 Å². The maximum absolute atomic E-state index is 13.5. The van der Waals surface area contributed by atoms with E-state index in [0.717, 1.165) is 43.6 Å². The molecule has 1 aliphatic rings. The lowest BCUT2D eigenvalue weighted by molar-refractivity contribution is 0.146. The number of hydrogen-bond donors (Lipinski definition) is 2. The number of hydrogen-bond acceptors (Lipinski definition) is 7. The fourth-order valence-corrected chi connectivity index (χ4v) is 4.05. The van der Waals surface area contributed by atoms with Gasteiger partial charge in [-0.3, -0.25) is 4.68 Å². The number of pyridine rings is 1. The first-order valence-corrected chi connectivity index (χ1v) is 10.3. The van der Waals surface area contributed by atoms with E-state index in [4.69, 9.17) is 15.3 Å². The summed E-state index contributed by atoms with van der Waals surface area (Å²) in [6, 6.07) is 6.41. The molecule has 1 saturated heterocycles. The Morgan fingerprint density at radius 3 is 2.81 bits per heavy atom. The second kappa shape index (κ2) is 8.09. The van der Waals surface area contributed by atoms with Gasteiger partial charge in [-0.2, -0.15) is 5.10 Å². The van der Waals surface area contributed by atoms with Crippen LogP contribution in [0.25, 0.3) is 33.7 Å². The summed E-state index contributed by atoms with van der Waals surface area (Å²) in [7, 11) is 0. The van der Waals surface area contributed by atoms with Gasteiger partial charge in [0.15, 0.2) is 5.58 Å². The SMILES string of the molecule is Nc1ncc(-c2cnn(C3CCN(CCO)CC3)c2)cc1-c1nc2ccc(F)cc2o1. The molecule has 0 atom stereocenters. The third-order valence-electron chi connectivity index (χ3n) is 5.78. The van der Waals surface area contributed by atoms with E-state index in [9.17, 15) is 4.39 Å². The number of halogens is 1. The predicted octanol–water partition coefficient (Wildman–Crippen LogP) is 3.10. The van der Waals surface area contributed by atoms with Crippen LogP contribution in [0.4, 0.5) is 10.2 Å². The first kappa shape index (κ1) is 19.7. The zero-order valence-electron chi connectivity index (χ0n) is 16.9. The summed E-state index contributed by atoms with van der Waals surface area (Å²) in [4.78, 5) is 11.0. The lowest BCUT2D eigenvalue weighted by Crippen LogP contribution is -2.36. The minimum absolute atomic E-state index is 0.193. The average Bonchev–Trinajstić information content (AvgIpc) is 3.42. The Balaban J connectivity index is 1.40. The van der Waals surface area contributed by atoms with Crippen LogP contribution in [0.5, 0.6) is 0 Å². The summed E-state index contributed by atoms with van der Waals surface area (Å²) in [5, 5.41) is 13.7. The van der Waals surface area contributed by atoms with Crippen LogP contribution in [0, 0.1) is 5.82 Å². The Bertz CT molecular complexity index is 1210. The van der Waals surface area contributed by atoms with Gasteiger partial charge in [-0.15, -0.1) is 0 Å². The molecule has 31 heavy (non-hydrogen) atoms. The number of nitrogens with two attached hydrogens (primary N) is 1. The first-order chi connectivity index (χ1) is 15.1. The fourth-order valence-electron chi connectivity index (χ4n) is 4.05. The van der Waals surface area contributed by atoms with Crippen molar-refractivity contribution in [2.75, 3.05) is 32.0 Å². The van der Waals surface area contributed by atoms with Crippen molar-refractivity contribution in [3.8, 4) is 22.6 Å². The molecule has 0 aliphatic carbocycles. The number of aliphatic hydroxyl groups excluding tert-OH is 1. The minimum Gasteiger partial charge on any atom is -0.436 e. The first-order valence-electron chi connectivity index (χ1n) is 10.3. The number of anilines is 1. The lowest BCUT2D eigenvalue weighted by Gasteiger charge is -2.31. The zero-order chi connectivity index (χ0) is 21.4. The van der Waals surface area contributed by atoms with E-state index in [1.54, 1.807) is 12.3 Å². The second-order valence-electron chi connectivity index (χ2n) is 7.79. The number of nitrogen functional groups attached to an aromatic ring is 1. The molecule has 3 N–H and O–H groups in total. The molecule has 0 spiro atoms. The maximum Gasteiger partial charge on any atom is 0.231 e. The van der Waals surface area contributed by atoms with Gasteiger partial charge in [0.25, 0.3) is 0 Å². The highest BCUT2D eigenvalue weighted by Crippen LogP contribution is 2.32. The highest BCUT2D eigenvalue weighted by molar-refractivity contribution is 5.80. The Hall–Kier alpha value is -3.30. The van der Waals surface area contributed by atoms with Gasteiger partial charge in [0.1, 0.15) is 17.2 Å². The van der Waals surface area contributed by atoms with Gasteiger partial charge in [0.05, 0.1) is 24.4 Å². The third-order valence-corrected chi connectivity index (χ3v) is 5.78. The molecule has 5 rings (SSSR count). The van der Waals surface area contributed by atoms with Crippen LogP contribution in [0.15, 0.2) is 47.3 Å². The van der Waals surface area contributed by atoms with Crippen molar-refractivity contribution in [3.05, 3.63) is 48.7 Å². The number of β-amino-alcohol motifs (C(OH)–C–C–N with tert-alkyl or cyclic N) is 1. The normalized spacial score (nSPS) is 15.7.